The van der Waals surface area contributed by atoms with Gasteiger partial charge in [0.25, 0.3) is 0 Å². The summed E-state index contributed by atoms with van der Waals surface area (Å²) < 4.78 is 0.610. The molecule has 88 valence electrons. The SMILES string of the molecule is O=C(c1ccc2nccnc2c1)c1ccc(Cl)s1. The van der Waals surface area contributed by atoms with Crippen LogP contribution in [0.3, 0.4) is 0 Å². The van der Waals surface area contributed by atoms with Crippen LogP contribution in [0.15, 0.2) is 42.7 Å². The number of nitrogens with zero attached hydrogens (tertiary/aromatic N) is 2. The van der Waals surface area contributed by atoms with Gasteiger partial charge in [0.2, 0.25) is 5.78 Å². The fourth-order valence-corrected chi connectivity index (χ4v) is 2.69. The minimum absolute atomic E-state index is 0.0422. The van der Waals surface area contributed by atoms with Crippen molar-refractivity contribution in [2.45, 2.75) is 0 Å². The van der Waals surface area contributed by atoms with Crippen LogP contribution in [0.2, 0.25) is 4.34 Å². The molecule has 0 bridgehead atoms. The first-order chi connectivity index (χ1) is 8.74. The van der Waals surface area contributed by atoms with Gasteiger partial charge in [0.15, 0.2) is 0 Å². The first-order valence-corrected chi connectivity index (χ1v) is 6.44. The van der Waals surface area contributed by atoms with Crippen LogP contribution >= 0.6 is 22.9 Å². The minimum atomic E-state index is -0.0422. The number of rotatable bonds is 2. The zero-order valence-corrected chi connectivity index (χ0v) is 10.7. The number of ketones is 1. The zero-order chi connectivity index (χ0) is 12.5. The molecule has 0 aliphatic carbocycles. The zero-order valence-electron chi connectivity index (χ0n) is 9.13. The molecule has 1 aromatic carbocycles. The van der Waals surface area contributed by atoms with Crippen molar-refractivity contribution in [3.8, 4) is 0 Å². The summed E-state index contributed by atoms with van der Waals surface area (Å²) in [5, 5.41) is 0. The van der Waals surface area contributed by atoms with Gasteiger partial charge in [-0.3, -0.25) is 14.8 Å². The molecule has 0 N–H and O–H groups in total. The summed E-state index contributed by atoms with van der Waals surface area (Å²) in [5.74, 6) is -0.0422. The molecule has 3 aromatic rings. The molecular weight excluding hydrogens is 268 g/mol. The molecule has 3 nitrogen and oxygen atoms in total. The van der Waals surface area contributed by atoms with Gasteiger partial charge in [0, 0.05) is 18.0 Å². The average molecular weight is 275 g/mol. The fourth-order valence-electron chi connectivity index (χ4n) is 1.68. The number of carbonyl (C=O) groups is 1. The Bertz CT molecular complexity index is 738. The fraction of sp³-hybridized carbons (Fsp3) is 0. The second-order valence-electron chi connectivity index (χ2n) is 3.69. The van der Waals surface area contributed by atoms with Crippen molar-refractivity contribution in [2.75, 3.05) is 0 Å². The van der Waals surface area contributed by atoms with Gasteiger partial charge >= 0.3 is 0 Å². The predicted octanol–water partition coefficient (Wildman–Crippen LogP) is 3.58. The van der Waals surface area contributed by atoms with Crippen molar-refractivity contribution in [3.63, 3.8) is 0 Å². The van der Waals surface area contributed by atoms with Crippen LogP contribution in [0.5, 0.6) is 0 Å². The normalized spacial score (nSPS) is 10.7. The monoisotopic (exact) mass is 274 g/mol. The number of hydrogen-bond acceptors (Lipinski definition) is 4. The lowest BCUT2D eigenvalue weighted by Gasteiger charge is -2.00. The maximum absolute atomic E-state index is 12.2. The Hall–Kier alpha value is -1.78. The first kappa shape index (κ1) is 11.3. The summed E-state index contributed by atoms with van der Waals surface area (Å²) in [6.45, 7) is 0. The van der Waals surface area contributed by atoms with Gasteiger partial charge in [0.05, 0.1) is 20.2 Å². The van der Waals surface area contributed by atoms with Gasteiger partial charge in [-0.25, -0.2) is 0 Å². The smallest absolute Gasteiger partial charge is 0.203 e. The molecule has 0 saturated carbocycles. The van der Waals surface area contributed by atoms with Crippen molar-refractivity contribution >= 4 is 39.8 Å². The van der Waals surface area contributed by atoms with E-state index in [4.69, 9.17) is 11.6 Å². The Morgan fingerprint density at radius 1 is 1.06 bits per heavy atom. The quantitative estimate of drug-likeness (QED) is 0.671. The first-order valence-electron chi connectivity index (χ1n) is 5.25. The number of benzene rings is 1. The highest BCUT2D eigenvalue weighted by molar-refractivity contribution is 7.18. The Labute approximate surface area is 112 Å². The van der Waals surface area contributed by atoms with Crippen LogP contribution in [-0.4, -0.2) is 15.8 Å². The van der Waals surface area contributed by atoms with Crippen molar-refractivity contribution in [2.24, 2.45) is 0 Å². The number of halogens is 1. The molecule has 0 saturated heterocycles. The maximum Gasteiger partial charge on any atom is 0.203 e. The number of aromatic nitrogens is 2. The second kappa shape index (κ2) is 4.48. The molecule has 0 amide bonds. The van der Waals surface area contributed by atoms with Crippen molar-refractivity contribution in [3.05, 3.63) is 57.5 Å². The van der Waals surface area contributed by atoms with E-state index in [0.29, 0.717) is 20.3 Å². The topological polar surface area (TPSA) is 42.9 Å². The summed E-state index contributed by atoms with van der Waals surface area (Å²) in [7, 11) is 0. The third-order valence-corrected chi connectivity index (χ3v) is 3.76. The third kappa shape index (κ3) is 2.00. The molecule has 0 spiro atoms. The summed E-state index contributed by atoms with van der Waals surface area (Å²) in [4.78, 5) is 21.2. The van der Waals surface area contributed by atoms with Gasteiger partial charge in [0.1, 0.15) is 0 Å². The Kier molecular flexibility index (Phi) is 2.81. The van der Waals surface area contributed by atoms with E-state index >= 15 is 0 Å². The lowest BCUT2D eigenvalue weighted by Crippen LogP contribution is -1.98. The van der Waals surface area contributed by atoms with E-state index in [-0.39, 0.29) is 5.78 Å². The highest BCUT2D eigenvalue weighted by atomic mass is 35.5. The van der Waals surface area contributed by atoms with Crippen LogP contribution in [0.25, 0.3) is 11.0 Å². The molecule has 0 radical (unpaired) electrons. The van der Waals surface area contributed by atoms with Crippen molar-refractivity contribution in [1.29, 1.82) is 0 Å². The molecule has 0 atom stereocenters. The largest absolute Gasteiger partial charge is 0.288 e. The Morgan fingerprint density at radius 2 is 1.83 bits per heavy atom. The lowest BCUT2D eigenvalue weighted by molar-refractivity contribution is 0.104. The molecule has 3 rings (SSSR count). The van der Waals surface area contributed by atoms with E-state index in [2.05, 4.69) is 9.97 Å². The standard InChI is InChI=1S/C13H7ClN2OS/c14-12-4-3-11(18-12)13(17)8-1-2-9-10(7-8)16-6-5-15-9/h1-7H. The Morgan fingerprint density at radius 3 is 2.56 bits per heavy atom. The Balaban J connectivity index is 2.06. The van der Waals surface area contributed by atoms with E-state index in [1.807, 2.05) is 0 Å². The molecule has 0 aliphatic heterocycles. The van der Waals surface area contributed by atoms with Gasteiger partial charge in [-0.15, -0.1) is 11.3 Å². The van der Waals surface area contributed by atoms with Crippen molar-refractivity contribution < 1.29 is 4.79 Å². The van der Waals surface area contributed by atoms with Gasteiger partial charge in [-0.05, 0) is 30.3 Å². The van der Waals surface area contributed by atoms with Gasteiger partial charge < -0.3 is 0 Å². The van der Waals surface area contributed by atoms with Crippen LogP contribution in [-0.2, 0) is 0 Å². The summed E-state index contributed by atoms with van der Waals surface area (Å²) in [6, 6.07) is 8.76. The van der Waals surface area contributed by atoms with Gasteiger partial charge in [-0.2, -0.15) is 0 Å². The van der Waals surface area contributed by atoms with E-state index < -0.39 is 0 Å². The number of carbonyl (C=O) groups excluding carboxylic acids is 1. The summed E-state index contributed by atoms with van der Waals surface area (Å²) in [5.41, 5.74) is 2.09. The van der Waals surface area contributed by atoms with Crippen LogP contribution < -0.4 is 0 Å². The minimum Gasteiger partial charge on any atom is -0.288 e. The van der Waals surface area contributed by atoms with E-state index in [9.17, 15) is 4.79 Å². The van der Waals surface area contributed by atoms with E-state index in [0.717, 1.165) is 5.52 Å². The molecule has 0 fully saturated rings. The maximum atomic E-state index is 12.2. The van der Waals surface area contributed by atoms with E-state index in [1.165, 1.54) is 11.3 Å². The highest BCUT2D eigenvalue weighted by Gasteiger charge is 2.12. The molecule has 2 heterocycles. The molecular formula is C13H7ClN2OS. The lowest BCUT2D eigenvalue weighted by atomic mass is 10.1. The summed E-state index contributed by atoms with van der Waals surface area (Å²) >= 11 is 7.11. The second-order valence-corrected chi connectivity index (χ2v) is 5.41. The highest BCUT2D eigenvalue weighted by Crippen LogP contribution is 2.24. The molecule has 2 aromatic heterocycles. The van der Waals surface area contributed by atoms with Gasteiger partial charge in [-0.1, -0.05) is 11.6 Å². The predicted molar refractivity (Wildman–Crippen MR) is 72.3 cm³/mol. The van der Waals surface area contributed by atoms with E-state index in [1.54, 1.807) is 42.7 Å². The molecule has 0 unspecified atom stereocenters. The third-order valence-electron chi connectivity index (χ3n) is 2.53. The van der Waals surface area contributed by atoms with Crippen molar-refractivity contribution in [1.82, 2.24) is 9.97 Å². The summed E-state index contributed by atoms with van der Waals surface area (Å²) in [6.07, 6.45) is 3.24. The number of hydrogen-bond donors (Lipinski definition) is 0. The van der Waals surface area contributed by atoms with Crippen LogP contribution in [0.1, 0.15) is 15.2 Å². The number of thiophene rings is 1. The molecule has 18 heavy (non-hydrogen) atoms. The molecule has 5 heteroatoms. The van der Waals surface area contributed by atoms with Crippen LogP contribution in [0.4, 0.5) is 0 Å². The number of fused-ring (bicyclic) bond motifs is 1. The van der Waals surface area contributed by atoms with Crippen LogP contribution in [0, 0.1) is 0 Å². The average Bonchev–Trinajstić information content (AvgIpc) is 2.84. The molecule has 0 aliphatic rings.